The van der Waals surface area contributed by atoms with Gasteiger partial charge in [0.2, 0.25) is 5.89 Å². The van der Waals surface area contributed by atoms with Crippen LogP contribution in [0.25, 0.3) is 0 Å². The van der Waals surface area contributed by atoms with Gasteiger partial charge < -0.3 is 25.6 Å². The molecule has 0 atom stereocenters. The van der Waals surface area contributed by atoms with Gasteiger partial charge in [-0.3, -0.25) is 5.41 Å². The number of nitrogens with two attached hydrogens (primary N) is 2. The molecule has 1 aromatic carbocycles. The highest BCUT2D eigenvalue weighted by Crippen LogP contribution is 2.35. The number of nitrogens with zero attached hydrogens (tertiary/aromatic N) is 5. The summed E-state index contributed by atoms with van der Waals surface area (Å²) in [7, 11) is 0. The number of rotatable bonds is 6. The number of amidine groups is 2. The number of nitriles is 1. The Labute approximate surface area is 175 Å². The Morgan fingerprint density at radius 3 is 2.50 bits per heavy atom. The van der Waals surface area contributed by atoms with Gasteiger partial charge in [-0.05, 0) is 18.2 Å². The second kappa shape index (κ2) is 9.41. The predicted octanol–water partition coefficient (Wildman–Crippen LogP) is 2.25. The first-order valence-corrected chi connectivity index (χ1v) is 8.35. The molecule has 32 heavy (non-hydrogen) atoms. The Morgan fingerprint density at radius 2 is 1.94 bits per heavy atom. The molecule has 2 rings (SSSR count). The summed E-state index contributed by atoms with van der Waals surface area (Å²) in [6.07, 6.45) is -9.73. The monoisotopic (exact) mass is 464 g/mol. The number of halogens is 6. The highest BCUT2D eigenvalue weighted by atomic mass is 19.4. The van der Waals surface area contributed by atoms with Crippen molar-refractivity contribution in [2.75, 3.05) is 11.4 Å². The highest BCUT2D eigenvalue weighted by Gasteiger charge is 2.36. The molecule has 0 amide bonds. The molecule has 0 aliphatic carbocycles. The summed E-state index contributed by atoms with van der Waals surface area (Å²) in [4.78, 5) is 7.95. The number of benzene rings is 1. The molecular formula is C16H14F6N8O2. The number of alkyl halides is 6. The third kappa shape index (κ3) is 7.04. The number of aromatic nitrogens is 2. The van der Waals surface area contributed by atoms with Gasteiger partial charge in [-0.2, -0.15) is 36.6 Å². The van der Waals surface area contributed by atoms with Crippen molar-refractivity contribution < 1.29 is 35.6 Å². The lowest BCUT2D eigenvalue weighted by Gasteiger charge is -2.25. The smallest absolute Gasteiger partial charge is 0.393 e. The fraction of sp³-hybridized carbons (Fsp3) is 0.312. The van der Waals surface area contributed by atoms with E-state index in [0.29, 0.717) is 11.0 Å². The molecule has 0 aliphatic rings. The van der Waals surface area contributed by atoms with E-state index in [2.05, 4.69) is 19.9 Å². The maximum atomic E-state index is 13.2. The number of aliphatic imine (C=N–C) groups is 1. The van der Waals surface area contributed by atoms with Crippen molar-refractivity contribution in [1.29, 1.82) is 10.7 Å². The zero-order chi connectivity index (χ0) is 24.1. The van der Waals surface area contributed by atoms with Gasteiger partial charge in [-0.15, -0.1) is 0 Å². The van der Waals surface area contributed by atoms with E-state index in [-0.39, 0.29) is 18.3 Å². The molecule has 172 valence electrons. The molecule has 0 saturated heterocycles. The molecule has 0 aliphatic heterocycles. The molecule has 0 unspecified atom stereocenters. The molecule has 1 heterocycles. The van der Waals surface area contributed by atoms with Gasteiger partial charge in [0.15, 0.2) is 5.82 Å². The summed E-state index contributed by atoms with van der Waals surface area (Å²) >= 11 is 0. The number of hydrogen-bond acceptors (Lipinski definition) is 8. The normalized spacial score (nSPS) is 12.3. The lowest BCUT2D eigenvalue weighted by atomic mass is 10.1. The van der Waals surface area contributed by atoms with Crippen LogP contribution in [0.4, 0.5) is 32.0 Å². The summed E-state index contributed by atoms with van der Waals surface area (Å²) in [6.45, 7) is -2.66. The Kier molecular flexibility index (Phi) is 7.13. The summed E-state index contributed by atoms with van der Waals surface area (Å²) in [5.74, 6) is -0.485. The van der Waals surface area contributed by atoms with E-state index in [0.717, 1.165) is 12.1 Å². The van der Waals surface area contributed by atoms with E-state index >= 15 is 0 Å². The van der Waals surface area contributed by atoms with Crippen molar-refractivity contribution in [3.63, 3.8) is 0 Å². The average Bonchev–Trinajstić information content (AvgIpc) is 3.10. The Hall–Kier alpha value is -4.03. The van der Waals surface area contributed by atoms with Crippen LogP contribution < -0.4 is 16.4 Å². The van der Waals surface area contributed by atoms with Gasteiger partial charge in [0.1, 0.15) is 13.1 Å². The van der Waals surface area contributed by atoms with Crippen LogP contribution in [-0.4, -0.2) is 34.9 Å². The standard InChI is InChI=1S/C16H14F6N8O2/c17-15(18,19)7-30(9-2-1-8(4-23)10(3-9)16(20,21)22)6-11-28-12(32-29-11)5-27-14(26)31-13(24)25/h1-3H,5-7H2,(H3,24,25)(H2,26,27). The average molecular weight is 464 g/mol. The van der Waals surface area contributed by atoms with Crippen molar-refractivity contribution >= 4 is 17.7 Å². The quantitative estimate of drug-likeness (QED) is 0.333. The van der Waals surface area contributed by atoms with Crippen LogP contribution in [0.2, 0.25) is 0 Å². The minimum atomic E-state index is -4.95. The summed E-state index contributed by atoms with van der Waals surface area (Å²) in [5.41, 5.74) is 7.66. The van der Waals surface area contributed by atoms with Crippen LogP contribution in [0.1, 0.15) is 22.8 Å². The number of anilines is 1. The van der Waals surface area contributed by atoms with Crippen LogP contribution in [0.15, 0.2) is 27.7 Å². The van der Waals surface area contributed by atoms with E-state index in [4.69, 9.17) is 26.7 Å². The van der Waals surface area contributed by atoms with E-state index in [1.807, 2.05) is 0 Å². The van der Waals surface area contributed by atoms with Crippen molar-refractivity contribution in [3.8, 4) is 6.07 Å². The molecule has 16 heteroatoms. The van der Waals surface area contributed by atoms with Crippen molar-refractivity contribution in [2.24, 2.45) is 16.5 Å². The molecule has 0 fully saturated rings. The zero-order valence-corrected chi connectivity index (χ0v) is 15.8. The Balaban J connectivity index is 2.30. The van der Waals surface area contributed by atoms with E-state index in [1.165, 1.54) is 6.07 Å². The fourth-order valence-corrected chi connectivity index (χ4v) is 2.40. The lowest BCUT2D eigenvalue weighted by molar-refractivity contribution is -0.137. The summed E-state index contributed by atoms with van der Waals surface area (Å²) < 4.78 is 88.0. The van der Waals surface area contributed by atoms with Crippen LogP contribution in [0.5, 0.6) is 0 Å². The molecule has 2 aromatic rings. The van der Waals surface area contributed by atoms with E-state index in [1.54, 1.807) is 0 Å². The van der Waals surface area contributed by atoms with E-state index in [9.17, 15) is 26.3 Å². The molecule has 0 radical (unpaired) electrons. The number of ether oxygens (including phenoxy) is 1. The maximum Gasteiger partial charge on any atom is 0.417 e. The summed E-state index contributed by atoms with van der Waals surface area (Å²) in [6, 6.07) is 2.27. The highest BCUT2D eigenvalue weighted by molar-refractivity contribution is 5.85. The third-order valence-corrected chi connectivity index (χ3v) is 3.59. The second-order valence-corrected chi connectivity index (χ2v) is 6.04. The van der Waals surface area contributed by atoms with Gasteiger partial charge in [0.25, 0.3) is 12.0 Å². The first-order chi connectivity index (χ1) is 14.8. The first-order valence-electron chi connectivity index (χ1n) is 8.35. The second-order valence-electron chi connectivity index (χ2n) is 6.04. The zero-order valence-electron chi connectivity index (χ0n) is 15.8. The van der Waals surface area contributed by atoms with Gasteiger partial charge >= 0.3 is 12.4 Å². The lowest BCUT2D eigenvalue weighted by Crippen LogP contribution is -2.34. The van der Waals surface area contributed by atoms with E-state index < -0.39 is 54.3 Å². The van der Waals surface area contributed by atoms with Gasteiger partial charge in [-0.1, -0.05) is 5.16 Å². The van der Waals surface area contributed by atoms with Crippen molar-refractivity contribution in [1.82, 2.24) is 10.1 Å². The van der Waals surface area contributed by atoms with Crippen LogP contribution in [-0.2, 0) is 24.0 Å². The predicted molar refractivity (Wildman–Crippen MR) is 95.9 cm³/mol. The maximum absolute atomic E-state index is 13.2. The molecular weight excluding hydrogens is 450 g/mol. The molecule has 0 spiro atoms. The molecule has 1 aromatic heterocycles. The van der Waals surface area contributed by atoms with Gasteiger partial charge in [-0.25, -0.2) is 4.99 Å². The van der Waals surface area contributed by atoms with Gasteiger partial charge in [0, 0.05) is 5.69 Å². The van der Waals surface area contributed by atoms with Crippen LogP contribution in [0.3, 0.4) is 0 Å². The minimum absolute atomic E-state index is 0.196. The number of hydrogen-bond donors (Lipinski definition) is 3. The van der Waals surface area contributed by atoms with Crippen LogP contribution >= 0.6 is 0 Å². The third-order valence-electron chi connectivity index (χ3n) is 3.59. The van der Waals surface area contributed by atoms with Crippen LogP contribution in [0, 0.1) is 16.7 Å². The van der Waals surface area contributed by atoms with Gasteiger partial charge in [0.05, 0.1) is 23.7 Å². The number of nitrogens with one attached hydrogen (secondary N) is 1. The largest absolute Gasteiger partial charge is 0.417 e. The molecule has 10 nitrogen and oxygen atoms in total. The Morgan fingerprint density at radius 1 is 1.25 bits per heavy atom. The van der Waals surface area contributed by atoms with Crippen molar-refractivity contribution in [3.05, 3.63) is 41.0 Å². The summed E-state index contributed by atoms with van der Waals surface area (Å²) in [5, 5.41) is 19.2. The molecule has 0 bridgehead atoms. The first kappa shape index (κ1) is 24.2. The topological polar surface area (TPSA) is 163 Å². The fourth-order valence-electron chi connectivity index (χ4n) is 2.40. The minimum Gasteiger partial charge on any atom is -0.393 e. The SMILES string of the molecule is N#Cc1ccc(N(Cc2noc(CN=C(N)OC(=N)N)n2)CC(F)(F)F)cc1C(F)(F)F. The van der Waals surface area contributed by atoms with Crippen molar-refractivity contribution in [2.45, 2.75) is 25.4 Å². The Bertz CT molecular complexity index is 1040. The molecule has 0 saturated carbocycles. The molecule has 5 N–H and O–H groups in total.